The Hall–Kier alpha value is -1.89. The molecule has 2 aliphatic rings. The molecule has 1 atom stereocenters. The van der Waals surface area contributed by atoms with Crippen molar-refractivity contribution in [2.45, 2.75) is 38.5 Å². The number of sulfone groups is 1. The van der Waals surface area contributed by atoms with Crippen molar-refractivity contribution in [1.29, 1.82) is 0 Å². The molecule has 7 heteroatoms. The minimum absolute atomic E-state index is 0.0805. The van der Waals surface area contributed by atoms with Crippen LogP contribution < -0.4 is 10.3 Å². The predicted molar refractivity (Wildman–Crippen MR) is 104 cm³/mol. The van der Waals surface area contributed by atoms with Crippen molar-refractivity contribution in [1.82, 2.24) is 5.43 Å². The highest BCUT2D eigenvalue weighted by Gasteiger charge is 2.29. The average Bonchev–Trinajstić information content (AvgIpc) is 2.81. The van der Waals surface area contributed by atoms with Crippen LogP contribution >= 0.6 is 0 Å². The minimum atomic E-state index is -2.94. The van der Waals surface area contributed by atoms with Gasteiger partial charge in [-0.25, -0.2) is 13.8 Å². The monoisotopic (exact) mass is 377 g/mol. The van der Waals surface area contributed by atoms with Crippen molar-refractivity contribution in [2.75, 3.05) is 29.5 Å². The summed E-state index contributed by atoms with van der Waals surface area (Å²) in [7, 11) is -2.94. The highest BCUT2D eigenvalue weighted by Crippen LogP contribution is 2.21. The zero-order valence-electron chi connectivity index (χ0n) is 15.1. The summed E-state index contributed by atoms with van der Waals surface area (Å²) in [6.45, 7) is 2.22. The van der Waals surface area contributed by atoms with Crippen LogP contribution in [0.15, 0.2) is 29.4 Å². The topological polar surface area (TPSA) is 78.8 Å². The Morgan fingerprint density at radius 2 is 1.85 bits per heavy atom. The number of carbonyl (C=O) groups excluding carboxylic acids is 1. The van der Waals surface area contributed by atoms with Crippen LogP contribution in [0.2, 0.25) is 0 Å². The van der Waals surface area contributed by atoms with Crippen molar-refractivity contribution in [3.8, 4) is 0 Å². The van der Waals surface area contributed by atoms with E-state index in [0.717, 1.165) is 18.7 Å². The minimum Gasteiger partial charge on any atom is -0.372 e. The zero-order valence-corrected chi connectivity index (χ0v) is 15.9. The molecule has 3 rings (SSSR count). The molecular weight excluding hydrogens is 350 g/mol. The van der Waals surface area contributed by atoms with E-state index in [-0.39, 0.29) is 29.8 Å². The number of nitrogens with one attached hydrogen (secondary N) is 1. The van der Waals surface area contributed by atoms with Gasteiger partial charge < -0.3 is 4.90 Å². The summed E-state index contributed by atoms with van der Waals surface area (Å²) in [6, 6.07) is 8.19. The summed E-state index contributed by atoms with van der Waals surface area (Å²) >= 11 is 0. The molecule has 6 nitrogen and oxygen atoms in total. The lowest BCUT2D eigenvalue weighted by Gasteiger charge is -2.22. The molecule has 2 aliphatic heterocycles. The fourth-order valence-electron chi connectivity index (χ4n) is 3.62. The van der Waals surface area contributed by atoms with Gasteiger partial charge in [0.1, 0.15) is 0 Å². The molecular formula is C19H27N3O3S. The smallest absolute Gasteiger partial charge is 0.240 e. The Morgan fingerprint density at radius 3 is 2.46 bits per heavy atom. The molecule has 0 unspecified atom stereocenters. The summed E-state index contributed by atoms with van der Waals surface area (Å²) in [5, 5.41) is 3.99. The third-order valence-electron chi connectivity index (χ3n) is 5.07. The average molecular weight is 378 g/mol. The first-order valence-electron chi connectivity index (χ1n) is 9.39. The van der Waals surface area contributed by atoms with Crippen LogP contribution in [0.25, 0.3) is 0 Å². The second-order valence-electron chi connectivity index (χ2n) is 7.26. The normalized spacial score (nSPS) is 23.1. The highest BCUT2D eigenvalue weighted by molar-refractivity contribution is 7.91. The summed E-state index contributed by atoms with van der Waals surface area (Å²) in [6.07, 6.45) is 7.52. The number of anilines is 1. The number of hydrazone groups is 1. The molecule has 0 bridgehead atoms. The van der Waals surface area contributed by atoms with Crippen LogP contribution in [0.5, 0.6) is 0 Å². The van der Waals surface area contributed by atoms with Gasteiger partial charge in [-0.3, -0.25) is 4.79 Å². The van der Waals surface area contributed by atoms with Crippen molar-refractivity contribution >= 4 is 27.6 Å². The van der Waals surface area contributed by atoms with Crippen LogP contribution in [-0.2, 0) is 14.6 Å². The number of hydrogen-bond donors (Lipinski definition) is 1. The van der Waals surface area contributed by atoms with Crippen LogP contribution in [0.3, 0.4) is 0 Å². The van der Waals surface area contributed by atoms with Gasteiger partial charge in [-0.05, 0) is 42.9 Å². The van der Waals surface area contributed by atoms with E-state index in [2.05, 4.69) is 27.6 Å². The molecule has 0 spiro atoms. The lowest BCUT2D eigenvalue weighted by atomic mass is 10.1. The Morgan fingerprint density at radius 1 is 1.15 bits per heavy atom. The van der Waals surface area contributed by atoms with E-state index in [1.165, 1.54) is 31.4 Å². The number of benzene rings is 1. The van der Waals surface area contributed by atoms with E-state index >= 15 is 0 Å². The molecule has 0 saturated carbocycles. The Labute approximate surface area is 155 Å². The molecule has 0 aromatic heterocycles. The van der Waals surface area contributed by atoms with Gasteiger partial charge in [-0.15, -0.1) is 0 Å². The van der Waals surface area contributed by atoms with Gasteiger partial charge in [0, 0.05) is 25.2 Å². The fourth-order valence-corrected chi connectivity index (χ4v) is 5.48. The van der Waals surface area contributed by atoms with E-state index in [1.54, 1.807) is 6.21 Å². The number of rotatable bonds is 5. The Kier molecular flexibility index (Phi) is 6.29. The van der Waals surface area contributed by atoms with Crippen molar-refractivity contribution in [3.63, 3.8) is 0 Å². The Bertz CT molecular complexity index is 736. The SMILES string of the molecule is O=C(C[C@@H]1CCS(=O)(=O)C1)N/N=C\c1ccc(N2CCCCCC2)cc1. The van der Waals surface area contributed by atoms with E-state index in [9.17, 15) is 13.2 Å². The van der Waals surface area contributed by atoms with Crippen LogP contribution in [-0.4, -0.2) is 45.1 Å². The van der Waals surface area contributed by atoms with Crippen molar-refractivity contribution in [2.24, 2.45) is 11.0 Å². The molecule has 0 aliphatic carbocycles. The van der Waals surface area contributed by atoms with Crippen LogP contribution in [0, 0.1) is 5.92 Å². The molecule has 1 aromatic carbocycles. The quantitative estimate of drug-likeness (QED) is 0.631. The van der Waals surface area contributed by atoms with Gasteiger partial charge in [-0.1, -0.05) is 25.0 Å². The molecule has 2 saturated heterocycles. The van der Waals surface area contributed by atoms with Gasteiger partial charge >= 0.3 is 0 Å². The second-order valence-corrected chi connectivity index (χ2v) is 9.49. The highest BCUT2D eigenvalue weighted by atomic mass is 32.2. The molecule has 26 heavy (non-hydrogen) atoms. The summed E-state index contributed by atoms with van der Waals surface area (Å²) in [4.78, 5) is 14.3. The van der Waals surface area contributed by atoms with Gasteiger partial charge in [0.05, 0.1) is 17.7 Å². The van der Waals surface area contributed by atoms with Gasteiger partial charge in [0.25, 0.3) is 0 Å². The van der Waals surface area contributed by atoms with E-state index in [4.69, 9.17) is 0 Å². The van der Waals surface area contributed by atoms with Gasteiger partial charge in [-0.2, -0.15) is 5.10 Å². The van der Waals surface area contributed by atoms with Crippen molar-refractivity contribution in [3.05, 3.63) is 29.8 Å². The van der Waals surface area contributed by atoms with E-state index in [0.29, 0.717) is 6.42 Å². The molecule has 1 aromatic rings. The largest absolute Gasteiger partial charge is 0.372 e. The lowest BCUT2D eigenvalue weighted by Crippen LogP contribution is -2.23. The van der Waals surface area contributed by atoms with Crippen LogP contribution in [0.4, 0.5) is 5.69 Å². The molecule has 1 N–H and O–H groups in total. The van der Waals surface area contributed by atoms with E-state index < -0.39 is 9.84 Å². The van der Waals surface area contributed by atoms with Gasteiger partial charge in [0.2, 0.25) is 5.91 Å². The van der Waals surface area contributed by atoms with Crippen molar-refractivity contribution < 1.29 is 13.2 Å². The predicted octanol–water partition coefficient (Wildman–Crippen LogP) is 2.34. The summed E-state index contributed by atoms with van der Waals surface area (Å²) in [5.41, 5.74) is 4.65. The number of amides is 1. The fraction of sp³-hybridized carbons (Fsp3) is 0.579. The summed E-state index contributed by atoms with van der Waals surface area (Å²) in [5.74, 6) is -0.00713. The molecule has 1 amide bonds. The molecule has 0 radical (unpaired) electrons. The molecule has 2 fully saturated rings. The maximum atomic E-state index is 11.9. The maximum absolute atomic E-state index is 11.9. The zero-order chi connectivity index (χ0) is 18.4. The number of hydrogen-bond acceptors (Lipinski definition) is 5. The maximum Gasteiger partial charge on any atom is 0.240 e. The standard InChI is InChI=1S/C19H27N3O3S/c23-19(13-17-9-12-26(24,25)15-17)21-20-14-16-5-7-18(8-6-16)22-10-3-1-2-4-11-22/h5-8,14,17H,1-4,9-13,15H2,(H,21,23)/b20-14-/t17-/m0/s1. The second kappa shape index (κ2) is 8.66. The Balaban J connectivity index is 1.47. The van der Waals surface area contributed by atoms with Crippen LogP contribution in [0.1, 0.15) is 44.1 Å². The summed E-state index contributed by atoms with van der Waals surface area (Å²) < 4.78 is 22.8. The first-order valence-corrected chi connectivity index (χ1v) is 11.2. The number of carbonyl (C=O) groups is 1. The molecule has 2 heterocycles. The third-order valence-corrected chi connectivity index (χ3v) is 6.90. The lowest BCUT2D eigenvalue weighted by molar-refractivity contribution is -0.121. The first kappa shape index (κ1) is 18.9. The third kappa shape index (κ3) is 5.56. The van der Waals surface area contributed by atoms with Gasteiger partial charge in [0.15, 0.2) is 9.84 Å². The number of nitrogens with zero attached hydrogens (tertiary/aromatic N) is 2. The first-order chi connectivity index (χ1) is 12.5. The van der Waals surface area contributed by atoms with E-state index in [1.807, 2.05) is 12.1 Å². The molecule has 142 valence electrons.